The fourth-order valence-corrected chi connectivity index (χ4v) is 3.05. The van der Waals surface area contributed by atoms with Gasteiger partial charge in [0, 0.05) is 5.69 Å². The third-order valence-corrected chi connectivity index (χ3v) is 4.06. The van der Waals surface area contributed by atoms with E-state index in [1.807, 2.05) is 0 Å². The van der Waals surface area contributed by atoms with Crippen LogP contribution in [0.15, 0.2) is 42.5 Å². The molecule has 106 valence electrons. The lowest BCUT2D eigenvalue weighted by Gasteiger charge is -2.10. The molecule has 0 heterocycles. The van der Waals surface area contributed by atoms with Crippen molar-refractivity contribution in [2.45, 2.75) is 5.75 Å². The maximum atomic E-state index is 13.7. The SMILES string of the molecule is Nc1cccc(CS(=O)(=O)Nc2cccc(Cl)c2F)c1. The van der Waals surface area contributed by atoms with Crippen molar-refractivity contribution < 1.29 is 12.8 Å². The van der Waals surface area contributed by atoms with Crippen LogP contribution in [0.4, 0.5) is 15.8 Å². The molecule has 0 amide bonds. The van der Waals surface area contributed by atoms with E-state index in [2.05, 4.69) is 4.72 Å². The number of nitrogen functional groups attached to an aromatic ring is 1. The highest BCUT2D eigenvalue weighted by atomic mass is 35.5. The lowest BCUT2D eigenvalue weighted by molar-refractivity contribution is 0.598. The Bertz CT molecular complexity index is 735. The molecule has 0 fully saturated rings. The second-order valence-corrected chi connectivity index (χ2v) is 6.34. The first-order valence-corrected chi connectivity index (χ1v) is 7.69. The first-order valence-electron chi connectivity index (χ1n) is 5.66. The Morgan fingerprint density at radius 3 is 2.60 bits per heavy atom. The summed E-state index contributed by atoms with van der Waals surface area (Å²) < 4.78 is 39.8. The van der Waals surface area contributed by atoms with Crippen LogP contribution in [-0.2, 0) is 15.8 Å². The average molecular weight is 315 g/mol. The summed E-state index contributed by atoms with van der Waals surface area (Å²) in [5.74, 6) is -1.10. The zero-order valence-electron chi connectivity index (χ0n) is 10.3. The van der Waals surface area contributed by atoms with Gasteiger partial charge in [-0.25, -0.2) is 12.8 Å². The van der Waals surface area contributed by atoms with Gasteiger partial charge < -0.3 is 5.73 Å². The second-order valence-electron chi connectivity index (χ2n) is 4.21. The number of rotatable bonds is 4. The van der Waals surface area contributed by atoms with Crippen molar-refractivity contribution in [1.29, 1.82) is 0 Å². The van der Waals surface area contributed by atoms with Crippen molar-refractivity contribution in [2.24, 2.45) is 0 Å². The predicted octanol–water partition coefficient (Wildman–Crippen LogP) is 3.00. The van der Waals surface area contributed by atoms with Crippen LogP contribution in [0.25, 0.3) is 0 Å². The Kier molecular flexibility index (Phi) is 4.15. The quantitative estimate of drug-likeness (QED) is 0.852. The molecule has 0 aliphatic carbocycles. The van der Waals surface area contributed by atoms with Gasteiger partial charge in [-0.05, 0) is 29.8 Å². The third-order valence-electron chi connectivity index (χ3n) is 2.52. The summed E-state index contributed by atoms with van der Waals surface area (Å²) in [7, 11) is -3.75. The summed E-state index contributed by atoms with van der Waals surface area (Å²) in [6, 6.07) is 10.6. The van der Waals surface area contributed by atoms with Crippen LogP contribution in [0, 0.1) is 5.82 Å². The molecular formula is C13H12ClFN2O2S. The summed E-state index contributed by atoms with van der Waals surface area (Å²) in [6.07, 6.45) is 0. The predicted molar refractivity (Wildman–Crippen MR) is 78.5 cm³/mol. The van der Waals surface area contributed by atoms with Crippen LogP contribution in [0.5, 0.6) is 0 Å². The lowest BCUT2D eigenvalue weighted by Crippen LogP contribution is -2.16. The van der Waals surface area contributed by atoms with Gasteiger partial charge in [-0.2, -0.15) is 0 Å². The van der Waals surface area contributed by atoms with Crippen molar-refractivity contribution in [3.05, 3.63) is 58.9 Å². The van der Waals surface area contributed by atoms with Crippen molar-refractivity contribution in [3.8, 4) is 0 Å². The molecule has 0 aliphatic rings. The van der Waals surface area contributed by atoms with E-state index in [4.69, 9.17) is 17.3 Å². The normalized spacial score (nSPS) is 11.3. The van der Waals surface area contributed by atoms with Gasteiger partial charge in [-0.3, -0.25) is 4.72 Å². The third kappa shape index (κ3) is 3.61. The highest BCUT2D eigenvalue weighted by molar-refractivity contribution is 7.91. The fraction of sp³-hybridized carbons (Fsp3) is 0.0769. The van der Waals surface area contributed by atoms with E-state index in [1.54, 1.807) is 24.3 Å². The molecule has 0 bridgehead atoms. The van der Waals surface area contributed by atoms with E-state index in [0.29, 0.717) is 11.3 Å². The molecule has 2 rings (SSSR count). The van der Waals surface area contributed by atoms with Crippen LogP contribution in [0.2, 0.25) is 5.02 Å². The number of benzene rings is 2. The highest BCUT2D eigenvalue weighted by Gasteiger charge is 2.15. The minimum atomic E-state index is -3.75. The van der Waals surface area contributed by atoms with Gasteiger partial charge >= 0.3 is 0 Å². The van der Waals surface area contributed by atoms with Gasteiger partial charge in [0.1, 0.15) is 0 Å². The highest BCUT2D eigenvalue weighted by Crippen LogP contribution is 2.23. The maximum absolute atomic E-state index is 13.7. The van der Waals surface area contributed by atoms with E-state index in [1.165, 1.54) is 18.2 Å². The number of sulfonamides is 1. The Morgan fingerprint density at radius 2 is 1.90 bits per heavy atom. The molecule has 0 saturated heterocycles. The summed E-state index contributed by atoms with van der Waals surface area (Å²) in [5, 5.41) is -0.144. The molecule has 2 aromatic carbocycles. The summed E-state index contributed by atoms with van der Waals surface area (Å²) in [6.45, 7) is 0. The van der Waals surface area contributed by atoms with Crippen LogP contribution in [-0.4, -0.2) is 8.42 Å². The first kappa shape index (κ1) is 14.6. The standard InChI is InChI=1S/C13H12ClFN2O2S/c14-11-5-2-6-12(13(11)15)17-20(18,19)8-9-3-1-4-10(16)7-9/h1-7,17H,8,16H2. The van der Waals surface area contributed by atoms with Gasteiger partial charge in [0.05, 0.1) is 16.5 Å². The van der Waals surface area contributed by atoms with Crippen molar-refractivity contribution in [3.63, 3.8) is 0 Å². The minimum absolute atomic E-state index is 0.144. The molecule has 0 spiro atoms. The Morgan fingerprint density at radius 1 is 1.20 bits per heavy atom. The van der Waals surface area contributed by atoms with Crippen molar-refractivity contribution >= 4 is 33.0 Å². The zero-order chi connectivity index (χ0) is 14.8. The molecule has 0 atom stereocenters. The molecule has 4 nitrogen and oxygen atoms in total. The van der Waals surface area contributed by atoms with E-state index < -0.39 is 15.8 Å². The molecule has 0 unspecified atom stereocenters. The van der Waals surface area contributed by atoms with Crippen LogP contribution >= 0.6 is 11.6 Å². The van der Waals surface area contributed by atoms with E-state index in [0.717, 1.165) is 0 Å². The minimum Gasteiger partial charge on any atom is -0.399 e. The van der Waals surface area contributed by atoms with Crippen molar-refractivity contribution in [2.75, 3.05) is 10.5 Å². The molecule has 7 heteroatoms. The van der Waals surface area contributed by atoms with Crippen LogP contribution < -0.4 is 10.5 Å². The van der Waals surface area contributed by atoms with Crippen LogP contribution in [0.1, 0.15) is 5.56 Å². The van der Waals surface area contributed by atoms with E-state index in [9.17, 15) is 12.8 Å². The molecular weight excluding hydrogens is 303 g/mol. The number of hydrogen-bond donors (Lipinski definition) is 2. The average Bonchev–Trinajstić information content (AvgIpc) is 2.34. The summed E-state index contributed by atoms with van der Waals surface area (Å²) in [5.41, 5.74) is 6.38. The molecule has 0 radical (unpaired) electrons. The Hall–Kier alpha value is -1.79. The van der Waals surface area contributed by atoms with Gasteiger partial charge in [-0.1, -0.05) is 29.8 Å². The Balaban J connectivity index is 2.21. The van der Waals surface area contributed by atoms with E-state index >= 15 is 0 Å². The summed E-state index contributed by atoms with van der Waals surface area (Å²) >= 11 is 5.60. The van der Waals surface area contributed by atoms with E-state index in [-0.39, 0.29) is 16.5 Å². The number of anilines is 2. The van der Waals surface area contributed by atoms with Gasteiger partial charge in [0.2, 0.25) is 10.0 Å². The molecule has 0 saturated carbocycles. The molecule has 20 heavy (non-hydrogen) atoms. The number of nitrogens with one attached hydrogen (secondary N) is 1. The zero-order valence-corrected chi connectivity index (χ0v) is 11.9. The Labute approximate surface area is 121 Å². The monoisotopic (exact) mass is 314 g/mol. The lowest BCUT2D eigenvalue weighted by atomic mass is 10.2. The fourth-order valence-electron chi connectivity index (χ4n) is 1.69. The van der Waals surface area contributed by atoms with Gasteiger partial charge in [-0.15, -0.1) is 0 Å². The van der Waals surface area contributed by atoms with Crippen LogP contribution in [0.3, 0.4) is 0 Å². The largest absolute Gasteiger partial charge is 0.399 e. The maximum Gasteiger partial charge on any atom is 0.237 e. The second kappa shape index (κ2) is 5.68. The first-order chi connectivity index (χ1) is 9.37. The smallest absolute Gasteiger partial charge is 0.237 e. The molecule has 2 aromatic rings. The van der Waals surface area contributed by atoms with Crippen molar-refractivity contribution in [1.82, 2.24) is 0 Å². The molecule has 3 N–H and O–H groups in total. The topological polar surface area (TPSA) is 72.2 Å². The number of nitrogens with two attached hydrogens (primary N) is 1. The molecule has 0 aromatic heterocycles. The molecule has 0 aliphatic heterocycles. The van der Waals surface area contributed by atoms with Gasteiger partial charge in [0.15, 0.2) is 5.82 Å². The summed E-state index contributed by atoms with van der Waals surface area (Å²) in [4.78, 5) is 0. The number of halogens is 2. The van der Waals surface area contributed by atoms with Gasteiger partial charge in [0.25, 0.3) is 0 Å². The number of hydrogen-bond acceptors (Lipinski definition) is 3.